The normalized spacial score (nSPS) is 15.9. The van der Waals surface area contributed by atoms with Crippen molar-refractivity contribution in [3.8, 4) is 0 Å². The molecule has 66 heteroatoms. The van der Waals surface area contributed by atoms with Crippen molar-refractivity contribution in [3.05, 3.63) is 160 Å². The zero-order chi connectivity index (χ0) is 88.8. The largest absolute Gasteiger partial charge is 0.378 e. The molecule has 0 saturated carbocycles. The second-order valence-corrected chi connectivity index (χ2v) is 206. The predicted octanol–water partition coefficient (Wildman–Crippen LogP) is 34.9. The molecule has 4 aliphatic heterocycles. The lowest BCUT2D eigenvalue weighted by molar-refractivity contribution is 0.122. The van der Waals surface area contributed by atoms with Crippen molar-refractivity contribution in [2.75, 3.05) is 80.4 Å². The summed E-state index contributed by atoms with van der Waals surface area (Å²) in [5.74, 6) is 0.0388. The fourth-order valence-corrected chi connectivity index (χ4v) is 613. The Hall–Kier alpha value is 11.9. The van der Waals surface area contributed by atoms with E-state index in [4.69, 9.17) is 31.0 Å². The van der Waals surface area contributed by atoms with Gasteiger partial charge in [-0.25, -0.2) is 53.5 Å². The third-order valence-corrected chi connectivity index (χ3v) is 318. The highest BCUT2D eigenvalue weighted by Crippen LogP contribution is 3.44. The minimum Gasteiger partial charge on any atom is -0.378 e. The number of pyridine rings is 2. The van der Waals surface area contributed by atoms with Crippen molar-refractivity contribution < 1.29 is 35.1 Å². The summed E-state index contributed by atoms with van der Waals surface area (Å²) in [5, 5.41) is 6.97. The SMILES string of the molecule is Cc1ccc(S(=O)(=O)n2c3c(c4cc(F)ccc42)CN(c2ccc4nc(N5CCOCC5)sc4n2)CC3)cc1.Cc1ccc(S(=O)(=O)n2c3c(c4cc(F)ccc42)CNCC3)cc1.Clc1ccc2nc(N3CCOCC3)sc2n1.PPP(P)P(P(P(P)P)P(P)P)P(P(P(P(P)P)P(P)P)P(P(P)P)P(P)P)P(P(P(P)P)P(P)P)P(P(P)P)P(P)P. The van der Waals surface area contributed by atoms with Crippen LogP contribution < -0.4 is 20.0 Å². The molecule has 0 amide bonds. The topological polar surface area (TPSA) is 170 Å². The molecule has 4 aliphatic rings. The molecule has 668 valence electrons. The fourth-order valence-electron chi connectivity index (χ4n) is 12.9. The van der Waals surface area contributed by atoms with Gasteiger partial charge in [0.05, 0.1) is 47.3 Å². The number of hydrogen-bond acceptors (Lipinski definition) is 16. The number of thiazole rings is 2. The third kappa shape index (κ3) is 29.2. The molecule has 4 aromatic carbocycles. The molecular weight excluding hydrogens is 2440 g/mol. The lowest BCUT2D eigenvalue weighted by atomic mass is 10.0. The number of fused-ring (bicyclic) bond motifs is 8. The smallest absolute Gasteiger partial charge is 0.268 e. The van der Waals surface area contributed by atoms with Crippen LogP contribution in [0.1, 0.15) is 33.6 Å². The van der Waals surface area contributed by atoms with Crippen molar-refractivity contribution in [2.24, 2.45) is 0 Å². The summed E-state index contributed by atoms with van der Waals surface area (Å²) >= 11 is 9.00. The lowest BCUT2D eigenvalue weighted by Gasteiger charge is -2.56. The number of benzene rings is 4. The van der Waals surface area contributed by atoms with Crippen LogP contribution in [0, 0.1) is 25.5 Å². The highest BCUT2D eigenvalue weighted by atomic mass is 35.5. The number of aromatic nitrogens is 6. The Bertz CT molecular complexity index is 5310. The van der Waals surface area contributed by atoms with Gasteiger partial charge in [-0.05, 0) is 244 Å². The van der Waals surface area contributed by atoms with Gasteiger partial charge in [-0.3, -0.25) is 0 Å². The van der Waals surface area contributed by atoms with Crippen molar-refractivity contribution in [2.45, 2.75) is 49.6 Å². The van der Waals surface area contributed by atoms with Gasteiger partial charge in [0.25, 0.3) is 20.0 Å². The number of morpholine rings is 2. The van der Waals surface area contributed by atoms with Gasteiger partial charge in [0.1, 0.15) is 43.3 Å². The molecule has 0 spiro atoms. The van der Waals surface area contributed by atoms with E-state index < -0.39 is 25.9 Å². The highest BCUT2D eigenvalue weighted by molar-refractivity contribution is 9.50. The first-order chi connectivity index (χ1) is 57.8. The van der Waals surface area contributed by atoms with E-state index in [0.29, 0.717) is 84.9 Å². The van der Waals surface area contributed by atoms with Gasteiger partial charge in [-0.1, -0.05) is 77.6 Å². The van der Waals surface area contributed by atoms with E-state index in [-0.39, 0.29) is 155 Å². The third-order valence-electron chi connectivity index (χ3n) is 18.1. The van der Waals surface area contributed by atoms with Gasteiger partial charge in [-0.15, -0.1) is 196 Å². The van der Waals surface area contributed by atoms with Crippen LogP contribution in [0.15, 0.2) is 119 Å². The van der Waals surface area contributed by atoms with E-state index in [1.165, 1.54) is 32.2 Å². The van der Waals surface area contributed by atoms with E-state index in [2.05, 4.69) is 226 Å². The van der Waals surface area contributed by atoms with E-state index in [9.17, 15) is 25.6 Å². The molecule has 1 N–H and O–H groups in total. The fraction of sp³-hybridized carbons (Fsp3) is 0.286. The van der Waals surface area contributed by atoms with E-state index in [1.807, 2.05) is 32.0 Å². The van der Waals surface area contributed by atoms with Crippen LogP contribution in [0.25, 0.3) is 42.5 Å². The summed E-state index contributed by atoms with van der Waals surface area (Å²) in [6, 6.07) is 29.9. The van der Waals surface area contributed by atoms with Crippen LogP contribution >= 0.6 is 378 Å². The molecule has 25 unspecified atom stereocenters. The standard InChI is InChI=1S/C28H26FN5O3S2.C18H17FN2O2S.C10H10ClN3OS.H45P43/c1-18-2-5-20(6-3-18)39(35,36)34-24-8-4-19(29)16-21(24)22-17-33(11-10-25(22)34)26-9-7-23-27(31-26)38-28(30-23)32-12-14-37-15-13-32;1-12-2-5-14(6-3-12)24(22,23)21-17-7-4-13(19)10-15(17)16-11-20-9-8-18(16)21;11-8-2-1-7-9(13-8)16-10(12-7)14-3-5-15-6-4-14;1-23-34(22)40(35(24(2)3)25(4)5)43(41(36(26(6)7)27(8)9)37(28(10)11)29(12)13)42(38(30(14)15)31(16)17)39(32(18)19)33(20)21/h2-9,16H,10-15,17H2,1H3;2-7,10,20H,8-9,11H2,1H3;1-2H,3-6H2;23H,1-22H2. The zero-order valence-corrected chi connectivity index (χ0v) is 113. The Morgan fingerprint density at radius 3 is 1.20 bits per heavy atom. The molecule has 6 aromatic heterocycles. The Kier molecular flexibility index (Phi) is 50.5. The molecule has 2 saturated heterocycles. The van der Waals surface area contributed by atoms with Crippen LogP contribution in [-0.4, -0.2) is 110 Å². The maximum absolute atomic E-state index is 14.4. The monoisotopic (exact) mass is 2540 g/mol. The van der Waals surface area contributed by atoms with Crippen molar-refractivity contribution in [3.63, 3.8) is 0 Å². The van der Waals surface area contributed by atoms with Crippen molar-refractivity contribution in [1.82, 2.24) is 33.2 Å². The van der Waals surface area contributed by atoms with Crippen molar-refractivity contribution >= 4 is 457 Å². The van der Waals surface area contributed by atoms with Crippen LogP contribution in [0.3, 0.4) is 0 Å². The maximum Gasteiger partial charge on any atom is 0.268 e. The van der Waals surface area contributed by atoms with Gasteiger partial charge in [-0.2, -0.15) is 0 Å². The summed E-state index contributed by atoms with van der Waals surface area (Å²) in [7, 11) is 68.6. The summed E-state index contributed by atoms with van der Waals surface area (Å²) in [5.41, 5.74) is 7.89. The van der Waals surface area contributed by atoms with Gasteiger partial charge < -0.3 is 29.5 Å². The molecule has 2 fully saturated rings. The molecule has 0 aliphatic carbocycles. The molecule has 0 radical (unpaired) electrons. The number of nitrogens with zero attached hydrogens (tertiary/aromatic N) is 9. The number of halogens is 3. The summed E-state index contributed by atoms with van der Waals surface area (Å²) in [4.78, 5) is 27.3. The number of anilines is 3. The lowest BCUT2D eigenvalue weighted by Crippen LogP contribution is -2.36. The van der Waals surface area contributed by atoms with Gasteiger partial charge in [0, 0.05) is 92.9 Å². The zero-order valence-electron chi connectivity index (χ0n) is 65.2. The number of nitrogens with one attached hydrogen (secondary N) is 1. The summed E-state index contributed by atoms with van der Waals surface area (Å²) in [6.45, 7) is 10.4. The molecule has 10 heterocycles. The number of ether oxygens (including phenoxy) is 2. The van der Waals surface area contributed by atoms with Gasteiger partial charge in [0.2, 0.25) is 0 Å². The van der Waals surface area contributed by atoms with E-state index in [0.717, 1.165) is 112 Å². The first-order valence-electron chi connectivity index (χ1n) is 35.5. The maximum atomic E-state index is 14.4. The van der Waals surface area contributed by atoms with Crippen LogP contribution in [-0.2, 0) is 55.5 Å². The predicted molar refractivity (Wildman–Crippen MR) is 668 cm³/mol. The first-order valence-corrected chi connectivity index (χ1v) is 118. The molecule has 16 nitrogen and oxygen atoms in total. The number of aryl methyl sites for hydroxylation is 2. The van der Waals surface area contributed by atoms with E-state index in [1.54, 1.807) is 89.4 Å². The quantitative estimate of drug-likeness (QED) is 0.0381. The minimum atomic E-state index is -3.87. The minimum absolute atomic E-state index is 0.0455. The Morgan fingerprint density at radius 2 is 0.803 bits per heavy atom. The molecule has 0 bridgehead atoms. The molecule has 10 aromatic rings. The Balaban J connectivity index is 0.000000167. The van der Waals surface area contributed by atoms with Gasteiger partial charge >= 0.3 is 0 Å². The summed E-state index contributed by atoms with van der Waals surface area (Å²) in [6.07, 6.45) is 1.08. The Morgan fingerprint density at radius 1 is 0.434 bits per heavy atom. The number of rotatable bonds is 27. The van der Waals surface area contributed by atoms with Crippen molar-refractivity contribution in [1.29, 1.82) is 0 Å². The number of hydrogen-bond donors (Lipinski definition) is 1. The average Bonchev–Trinajstić information content (AvgIpc) is 1.38. The van der Waals surface area contributed by atoms with E-state index >= 15 is 0 Å². The molecule has 122 heavy (non-hydrogen) atoms. The molecular formula is C56H98ClF2N10O6P43S4. The average molecular weight is 2540 g/mol. The van der Waals surface area contributed by atoms with Crippen LogP contribution in [0.4, 0.5) is 24.9 Å². The molecule has 25 atom stereocenters. The first kappa shape index (κ1) is 114. The second-order valence-electron chi connectivity index (χ2n) is 26.3. The molecule has 14 rings (SSSR count). The van der Waals surface area contributed by atoms with Gasteiger partial charge in [0.15, 0.2) is 10.3 Å². The van der Waals surface area contributed by atoms with Crippen LogP contribution in [0.2, 0.25) is 5.15 Å². The second kappa shape index (κ2) is 54.0. The Labute approximate surface area is 805 Å². The highest BCUT2D eigenvalue weighted by Gasteiger charge is 2.57. The van der Waals surface area contributed by atoms with Crippen LogP contribution in [0.5, 0.6) is 0 Å². The summed E-state index contributed by atoms with van der Waals surface area (Å²) < 4.78 is 95.8.